The molecule has 102 valence electrons. The third-order valence-electron chi connectivity index (χ3n) is 3.77. The van der Waals surface area contributed by atoms with Crippen molar-refractivity contribution in [1.82, 2.24) is 4.90 Å². The second-order valence-electron chi connectivity index (χ2n) is 5.25. The summed E-state index contributed by atoms with van der Waals surface area (Å²) in [7, 11) is 7.28. The van der Waals surface area contributed by atoms with E-state index in [-0.39, 0.29) is 11.5 Å². The minimum absolute atomic E-state index is 0.0947. The van der Waals surface area contributed by atoms with Gasteiger partial charge in [0.25, 0.3) is 0 Å². The zero-order chi connectivity index (χ0) is 14.0. The van der Waals surface area contributed by atoms with Gasteiger partial charge in [-0.3, -0.25) is 0 Å². The summed E-state index contributed by atoms with van der Waals surface area (Å²) in [5.41, 5.74) is 0.852. The quantitative estimate of drug-likeness (QED) is 0.816. The largest absolute Gasteiger partial charge is 0.493 e. The number of rotatable bonds is 5. The van der Waals surface area contributed by atoms with Crippen LogP contribution < -0.4 is 9.47 Å². The lowest BCUT2D eigenvalue weighted by molar-refractivity contribution is 0.231. The second-order valence-corrected chi connectivity index (χ2v) is 5.25. The van der Waals surface area contributed by atoms with Crippen molar-refractivity contribution >= 4 is 0 Å². The van der Waals surface area contributed by atoms with E-state index in [1.54, 1.807) is 14.2 Å². The van der Waals surface area contributed by atoms with Gasteiger partial charge in [-0.25, -0.2) is 0 Å². The monoisotopic (exact) mass is 260 g/mol. The first-order valence-corrected chi connectivity index (χ1v) is 6.37. The smallest absolute Gasteiger partial charge is 0.161 e. The normalized spacial score (nSPS) is 17.7. The van der Waals surface area contributed by atoms with Gasteiger partial charge in [0.15, 0.2) is 11.5 Å². The fourth-order valence-electron chi connectivity index (χ4n) is 2.72. The van der Waals surface area contributed by atoms with Gasteiger partial charge in [0.05, 0.1) is 31.7 Å². The predicted octanol–water partition coefficient (Wildman–Crippen LogP) is 2.61. The Bertz CT molecular complexity index is 501. The Morgan fingerprint density at radius 2 is 1.84 bits per heavy atom. The van der Waals surface area contributed by atoms with Gasteiger partial charge in [-0.05, 0) is 44.6 Å². The van der Waals surface area contributed by atoms with E-state index in [0.717, 1.165) is 18.4 Å². The van der Waals surface area contributed by atoms with Crippen molar-refractivity contribution in [3.05, 3.63) is 23.8 Å². The lowest BCUT2D eigenvalue weighted by atomic mass is 9.90. The molecular weight excluding hydrogens is 240 g/mol. The number of hydrogen-bond donors (Lipinski definition) is 0. The van der Waals surface area contributed by atoms with Gasteiger partial charge >= 0.3 is 0 Å². The van der Waals surface area contributed by atoms with Crippen LogP contribution in [0, 0.1) is 16.7 Å². The maximum absolute atomic E-state index is 9.43. The third kappa shape index (κ3) is 2.39. The molecule has 1 atom stereocenters. The maximum Gasteiger partial charge on any atom is 0.161 e. The third-order valence-corrected chi connectivity index (χ3v) is 3.77. The molecule has 0 aromatic heterocycles. The molecule has 0 heterocycles. The van der Waals surface area contributed by atoms with Crippen LogP contribution in [0.5, 0.6) is 11.5 Å². The Kier molecular flexibility index (Phi) is 3.68. The van der Waals surface area contributed by atoms with Crippen LogP contribution >= 0.6 is 0 Å². The number of nitrogens with zero attached hydrogens (tertiary/aromatic N) is 2. The predicted molar refractivity (Wildman–Crippen MR) is 73.3 cm³/mol. The molecule has 0 saturated heterocycles. The lowest BCUT2D eigenvalue weighted by Crippen LogP contribution is -2.27. The first-order chi connectivity index (χ1) is 9.07. The average Bonchev–Trinajstić information content (AvgIpc) is 3.19. The van der Waals surface area contributed by atoms with E-state index < -0.39 is 0 Å². The van der Waals surface area contributed by atoms with Gasteiger partial charge in [-0.2, -0.15) is 5.26 Å². The second kappa shape index (κ2) is 5.10. The summed E-state index contributed by atoms with van der Waals surface area (Å²) >= 11 is 0. The summed E-state index contributed by atoms with van der Waals surface area (Å²) in [6.07, 6.45) is 1.92. The lowest BCUT2D eigenvalue weighted by Gasteiger charge is -2.29. The standard InChI is InChI=1S/C15H20N2O2/c1-17(2)14(15(10-16)7-8-15)11-5-6-12(18-3)13(9-11)19-4/h5-6,9,14H,7-8H2,1-4H3. The molecule has 0 radical (unpaired) electrons. The van der Waals surface area contributed by atoms with Crippen molar-refractivity contribution in [3.8, 4) is 17.6 Å². The summed E-state index contributed by atoms with van der Waals surface area (Å²) < 4.78 is 10.6. The van der Waals surface area contributed by atoms with Crippen LogP contribution in [-0.2, 0) is 0 Å². The number of ether oxygens (including phenoxy) is 2. The van der Waals surface area contributed by atoms with Gasteiger partial charge in [0.1, 0.15) is 0 Å². The molecule has 0 bridgehead atoms. The Labute approximate surface area is 114 Å². The Hall–Kier alpha value is -1.73. The van der Waals surface area contributed by atoms with E-state index in [0.29, 0.717) is 11.5 Å². The minimum atomic E-state index is -0.247. The SMILES string of the molecule is COc1ccc(C(N(C)C)C2(C#N)CC2)cc1OC. The highest BCUT2D eigenvalue weighted by atomic mass is 16.5. The zero-order valence-electron chi connectivity index (χ0n) is 11.9. The van der Waals surface area contributed by atoms with Crippen molar-refractivity contribution in [3.63, 3.8) is 0 Å². The van der Waals surface area contributed by atoms with Crippen molar-refractivity contribution in [1.29, 1.82) is 5.26 Å². The van der Waals surface area contributed by atoms with Crippen molar-refractivity contribution in [2.75, 3.05) is 28.3 Å². The molecule has 19 heavy (non-hydrogen) atoms. The summed E-state index contributed by atoms with van der Waals surface area (Å²) in [5.74, 6) is 1.42. The first-order valence-electron chi connectivity index (χ1n) is 6.37. The van der Waals surface area contributed by atoms with Crippen LogP contribution in [0.25, 0.3) is 0 Å². The van der Waals surface area contributed by atoms with Crippen LogP contribution in [0.2, 0.25) is 0 Å². The number of methoxy groups -OCH3 is 2. The Morgan fingerprint density at radius 1 is 1.21 bits per heavy atom. The maximum atomic E-state index is 9.43. The topological polar surface area (TPSA) is 45.5 Å². The van der Waals surface area contributed by atoms with Crippen LogP contribution in [0.4, 0.5) is 0 Å². The van der Waals surface area contributed by atoms with Crippen LogP contribution in [-0.4, -0.2) is 33.2 Å². The molecule has 0 aliphatic heterocycles. The van der Waals surface area contributed by atoms with Gasteiger partial charge in [-0.1, -0.05) is 6.07 Å². The van der Waals surface area contributed by atoms with Gasteiger partial charge in [0.2, 0.25) is 0 Å². The average molecular weight is 260 g/mol. The van der Waals surface area contributed by atoms with Gasteiger partial charge < -0.3 is 14.4 Å². The van der Waals surface area contributed by atoms with Gasteiger partial charge in [0, 0.05) is 0 Å². The van der Waals surface area contributed by atoms with Gasteiger partial charge in [-0.15, -0.1) is 0 Å². The molecule has 4 nitrogen and oxygen atoms in total. The number of nitriles is 1. The molecule has 2 rings (SSSR count). The molecular formula is C15H20N2O2. The van der Waals surface area contributed by atoms with E-state index in [9.17, 15) is 5.26 Å². The van der Waals surface area contributed by atoms with E-state index >= 15 is 0 Å². The van der Waals surface area contributed by atoms with Crippen LogP contribution in [0.3, 0.4) is 0 Å². The molecule has 1 saturated carbocycles. The molecule has 1 aromatic carbocycles. The summed E-state index contributed by atoms with van der Waals surface area (Å²) in [6, 6.07) is 8.47. The Morgan fingerprint density at radius 3 is 2.26 bits per heavy atom. The molecule has 0 amide bonds. The van der Waals surface area contributed by atoms with Crippen LogP contribution in [0.1, 0.15) is 24.4 Å². The zero-order valence-corrected chi connectivity index (χ0v) is 11.9. The summed E-state index contributed by atoms with van der Waals surface area (Å²) in [5, 5.41) is 9.43. The molecule has 4 heteroatoms. The van der Waals surface area contributed by atoms with E-state index in [1.807, 2.05) is 32.3 Å². The molecule has 1 fully saturated rings. The highest BCUT2D eigenvalue weighted by Crippen LogP contribution is 2.56. The molecule has 0 spiro atoms. The highest BCUT2D eigenvalue weighted by Gasteiger charge is 2.51. The van der Waals surface area contributed by atoms with Crippen molar-refractivity contribution in [2.24, 2.45) is 5.41 Å². The van der Waals surface area contributed by atoms with Crippen molar-refractivity contribution < 1.29 is 9.47 Å². The van der Waals surface area contributed by atoms with E-state index in [4.69, 9.17) is 9.47 Å². The number of hydrogen-bond acceptors (Lipinski definition) is 4. The first kappa shape index (κ1) is 13.7. The van der Waals surface area contributed by atoms with E-state index in [2.05, 4.69) is 11.0 Å². The Balaban J connectivity index is 2.41. The molecule has 1 unspecified atom stereocenters. The van der Waals surface area contributed by atoms with E-state index in [1.165, 1.54) is 0 Å². The number of benzene rings is 1. The van der Waals surface area contributed by atoms with Crippen molar-refractivity contribution in [2.45, 2.75) is 18.9 Å². The fourth-order valence-corrected chi connectivity index (χ4v) is 2.72. The highest BCUT2D eigenvalue weighted by molar-refractivity contribution is 5.45. The minimum Gasteiger partial charge on any atom is -0.493 e. The molecule has 1 aromatic rings. The fraction of sp³-hybridized carbons (Fsp3) is 0.533. The summed E-state index contributed by atoms with van der Waals surface area (Å²) in [4.78, 5) is 2.11. The van der Waals surface area contributed by atoms with Crippen LogP contribution in [0.15, 0.2) is 18.2 Å². The molecule has 0 N–H and O–H groups in total. The molecule has 1 aliphatic carbocycles. The molecule has 1 aliphatic rings. The summed E-state index contributed by atoms with van der Waals surface area (Å²) in [6.45, 7) is 0.